The SMILES string of the molecule is C1=C(C2CCCC2)[CH]([Ti+2]2([CH]3C(C4CCCC4)=Cc4c(-c5ccccc5)cccc43)[CH2]C[CH2]2)c2cccc(-c3ccccc3)c21.[Cl-].[Cl-]. The first-order valence-electron chi connectivity index (χ1n) is 17.6. The molecule has 5 aliphatic rings. The molecule has 4 aromatic carbocycles. The second-order valence-electron chi connectivity index (χ2n) is 14.6. The van der Waals surface area contributed by atoms with Gasteiger partial charge in [0.05, 0.1) is 0 Å². The summed E-state index contributed by atoms with van der Waals surface area (Å²) in [7, 11) is 0. The Balaban J connectivity index is 0.00000169. The maximum absolute atomic E-state index is 2.76. The van der Waals surface area contributed by atoms with E-state index in [1.807, 2.05) is 11.1 Å². The predicted molar refractivity (Wildman–Crippen MR) is 183 cm³/mol. The van der Waals surface area contributed by atoms with Crippen LogP contribution in [0.25, 0.3) is 34.4 Å². The summed E-state index contributed by atoms with van der Waals surface area (Å²) in [6, 6.07) is 37.2. The van der Waals surface area contributed by atoms with Crippen LogP contribution in [0.15, 0.2) is 108 Å². The zero-order valence-corrected chi connectivity index (χ0v) is 29.8. The molecular weight excluding hydrogens is 635 g/mol. The van der Waals surface area contributed by atoms with Crippen LogP contribution in [0.4, 0.5) is 0 Å². The number of hydrogen-bond acceptors (Lipinski definition) is 0. The predicted octanol–water partition coefficient (Wildman–Crippen LogP) is 6.38. The number of hydrogen-bond donors (Lipinski definition) is 0. The molecule has 0 aromatic heterocycles. The molecule has 2 atom stereocenters. The van der Waals surface area contributed by atoms with Crippen LogP contribution in [0.5, 0.6) is 0 Å². The molecule has 0 nitrogen and oxygen atoms in total. The van der Waals surface area contributed by atoms with Crippen LogP contribution in [-0.2, 0) is 16.6 Å². The van der Waals surface area contributed by atoms with Gasteiger partial charge in [-0.25, -0.2) is 0 Å². The van der Waals surface area contributed by atoms with Gasteiger partial charge in [-0.15, -0.1) is 0 Å². The van der Waals surface area contributed by atoms with Crippen molar-refractivity contribution < 1.29 is 41.4 Å². The van der Waals surface area contributed by atoms with E-state index in [1.54, 1.807) is 22.3 Å². The van der Waals surface area contributed by atoms with Gasteiger partial charge < -0.3 is 24.8 Å². The smallest absolute Gasteiger partial charge is 1.00 e. The Kier molecular flexibility index (Phi) is 9.30. The normalized spacial score (nSPS) is 22.3. The molecule has 234 valence electrons. The molecule has 46 heavy (non-hydrogen) atoms. The molecule has 1 saturated heterocycles. The van der Waals surface area contributed by atoms with Crippen molar-refractivity contribution in [1.82, 2.24) is 0 Å². The molecule has 4 aliphatic carbocycles. The molecule has 2 saturated carbocycles. The molecule has 2 unspecified atom stereocenters. The fourth-order valence-corrected chi connectivity index (χ4v) is 20.4. The first-order valence-corrected chi connectivity index (χ1v) is 21.6. The third-order valence-corrected chi connectivity index (χ3v) is 22.1. The van der Waals surface area contributed by atoms with Crippen molar-refractivity contribution in [2.45, 2.75) is 75.7 Å². The van der Waals surface area contributed by atoms with Crippen LogP contribution in [0.3, 0.4) is 0 Å². The average molecular weight is 680 g/mol. The summed E-state index contributed by atoms with van der Waals surface area (Å²) in [4.78, 5) is 0. The Hall–Kier alpha value is -2.35. The van der Waals surface area contributed by atoms with Crippen molar-refractivity contribution in [2.24, 2.45) is 11.8 Å². The second kappa shape index (κ2) is 13.3. The van der Waals surface area contributed by atoms with Gasteiger partial charge in [0.25, 0.3) is 0 Å². The Labute approximate surface area is 292 Å². The van der Waals surface area contributed by atoms with Gasteiger partial charge in [-0.2, -0.15) is 0 Å². The van der Waals surface area contributed by atoms with Crippen molar-refractivity contribution in [2.75, 3.05) is 0 Å². The van der Waals surface area contributed by atoms with Crippen LogP contribution in [0.1, 0.15) is 88.5 Å². The monoisotopic (exact) mass is 678 g/mol. The topological polar surface area (TPSA) is 0 Å². The summed E-state index contributed by atoms with van der Waals surface area (Å²) >= 11 is -2.56. The van der Waals surface area contributed by atoms with Gasteiger partial charge in [0.2, 0.25) is 0 Å². The van der Waals surface area contributed by atoms with Gasteiger partial charge in [-0.1, -0.05) is 0 Å². The zero-order valence-electron chi connectivity index (χ0n) is 26.7. The molecule has 0 N–H and O–H groups in total. The maximum atomic E-state index is 2.76. The van der Waals surface area contributed by atoms with Crippen LogP contribution >= 0.6 is 0 Å². The fourth-order valence-electron chi connectivity index (χ4n) is 10.4. The van der Waals surface area contributed by atoms with Gasteiger partial charge in [-0.3, -0.25) is 0 Å². The summed E-state index contributed by atoms with van der Waals surface area (Å²) in [5.74, 6) is 1.57. The first kappa shape index (κ1) is 32.2. The van der Waals surface area contributed by atoms with Gasteiger partial charge in [0.1, 0.15) is 0 Å². The molecule has 1 heterocycles. The number of fused-ring (bicyclic) bond motifs is 2. The fraction of sp³-hybridized carbons (Fsp3) is 0.349. The number of benzene rings is 4. The molecule has 0 amide bonds. The van der Waals surface area contributed by atoms with E-state index >= 15 is 0 Å². The van der Waals surface area contributed by atoms with E-state index in [1.165, 1.54) is 89.5 Å². The van der Waals surface area contributed by atoms with Crippen LogP contribution in [0.2, 0.25) is 9.45 Å². The quantitative estimate of drug-likeness (QED) is 0.208. The van der Waals surface area contributed by atoms with Crippen molar-refractivity contribution in [3.63, 3.8) is 0 Å². The minimum absolute atomic E-state index is 0. The molecule has 0 radical (unpaired) electrons. The minimum atomic E-state index is -2.56. The van der Waals surface area contributed by atoms with Crippen LogP contribution < -0.4 is 24.8 Å². The van der Waals surface area contributed by atoms with Gasteiger partial charge in [-0.05, 0) is 0 Å². The second-order valence-corrected chi connectivity index (χ2v) is 21.8. The zero-order chi connectivity index (χ0) is 29.1. The van der Waals surface area contributed by atoms with Gasteiger partial charge in [0.15, 0.2) is 0 Å². The van der Waals surface area contributed by atoms with Crippen molar-refractivity contribution in [3.05, 3.63) is 130 Å². The number of halogens is 2. The summed E-state index contributed by atoms with van der Waals surface area (Å²) < 4.78 is 4.50. The van der Waals surface area contributed by atoms with E-state index in [4.69, 9.17) is 0 Å². The molecule has 0 bridgehead atoms. The third kappa shape index (κ3) is 5.15. The van der Waals surface area contributed by atoms with Gasteiger partial charge >= 0.3 is 269 Å². The Morgan fingerprint density at radius 1 is 0.435 bits per heavy atom. The van der Waals surface area contributed by atoms with E-state index in [0.29, 0.717) is 8.45 Å². The number of rotatable bonds is 6. The van der Waals surface area contributed by atoms with Crippen molar-refractivity contribution in [1.29, 1.82) is 0 Å². The van der Waals surface area contributed by atoms with Crippen LogP contribution in [0, 0.1) is 11.8 Å². The maximum Gasteiger partial charge on any atom is -1.00 e. The van der Waals surface area contributed by atoms with Crippen molar-refractivity contribution >= 4 is 12.2 Å². The summed E-state index contributed by atoms with van der Waals surface area (Å²) in [5.41, 5.74) is 16.0. The molecule has 1 aliphatic heterocycles. The minimum Gasteiger partial charge on any atom is -1.00 e. The van der Waals surface area contributed by atoms with E-state index in [9.17, 15) is 0 Å². The molecule has 0 spiro atoms. The Morgan fingerprint density at radius 2 is 0.848 bits per heavy atom. The Bertz CT molecular complexity index is 1630. The summed E-state index contributed by atoms with van der Waals surface area (Å²) in [5, 5.41) is 0. The molecule has 4 aromatic rings. The van der Waals surface area contributed by atoms with Crippen molar-refractivity contribution in [3.8, 4) is 22.3 Å². The van der Waals surface area contributed by atoms with E-state index < -0.39 is 16.6 Å². The molecule has 3 fully saturated rings. The standard InChI is InChI=1S/2C20H19.C3H6.2ClH.Ti/c2*1-2-9-16(10-3-1)19-12-6-11-17-13-18(14-20(17)19)15-7-4-5-8-15;1-3-2;;;/h2*1-3,6,9-15H,4-5,7-8H2;1-3H2;2*1H;/q;;;;;+2/p-2. The molecular formula is C43H44Cl2Ti. The van der Waals surface area contributed by atoms with E-state index in [2.05, 4.69) is 109 Å². The van der Waals surface area contributed by atoms with Gasteiger partial charge in [0, 0.05) is 0 Å². The summed E-state index contributed by atoms with van der Waals surface area (Å²) in [6.45, 7) is 0. The average Bonchev–Trinajstić information content (AvgIpc) is 3.88. The number of allylic oxidation sites excluding steroid dienone is 2. The molecule has 3 heteroatoms. The molecule has 9 rings (SSSR count). The summed E-state index contributed by atoms with van der Waals surface area (Å²) in [6.07, 6.45) is 18.2. The van der Waals surface area contributed by atoms with E-state index in [0.717, 1.165) is 11.8 Å². The van der Waals surface area contributed by atoms with Crippen LogP contribution in [-0.4, -0.2) is 0 Å². The van der Waals surface area contributed by atoms with E-state index in [-0.39, 0.29) is 24.8 Å². The largest absolute Gasteiger partial charge is 1.00 e. The third-order valence-electron chi connectivity index (χ3n) is 12.4. The first-order chi connectivity index (χ1) is 21.8. The Morgan fingerprint density at radius 3 is 1.22 bits per heavy atom.